The van der Waals surface area contributed by atoms with Crippen LogP contribution in [0.1, 0.15) is 9.67 Å². The van der Waals surface area contributed by atoms with E-state index in [1.165, 1.54) is 11.3 Å². The number of carboxylic acid groups (broad SMARTS) is 1. The lowest BCUT2D eigenvalue weighted by Gasteiger charge is -2.10. The Kier molecular flexibility index (Phi) is 3.22. The molecule has 2 rings (SSSR count). The van der Waals surface area contributed by atoms with Crippen molar-refractivity contribution >= 4 is 41.9 Å². The second kappa shape index (κ2) is 4.51. The summed E-state index contributed by atoms with van der Waals surface area (Å²) in [5, 5.41) is 10.6. The number of hydrogen-bond donors (Lipinski definition) is 1. The second-order valence-electron chi connectivity index (χ2n) is 3.35. The highest BCUT2D eigenvalue weighted by Gasteiger charge is 2.16. The third-order valence-corrected chi connectivity index (χ3v) is 4.06. The molecule has 6 heteroatoms. The Morgan fingerprint density at radius 3 is 2.59 bits per heavy atom. The third kappa shape index (κ3) is 1.96. The molecule has 0 amide bonds. The number of aromatic carboxylic acids is 1. The average molecular weight is 270 g/mol. The molecule has 0 saturated heterocycles. The van der Waals surface area contributed by atoms with E-state index in [-0.39, 0.29) is 0 Å². The van der Waals surface area contributed by atoms with E-state index in [0.29, 0.717) is 16.4 Å². The first kappa shape index (κ1) is 12.1. The maximum atomic E-state index is 10.9. The summed E-state index contributed by atoms with van der Waals surface area (Å²) in [5.41, 5.74) is 0. The first-order valence-electron chi connectivity index (χ1n) is 4.75. The van der Waals surface area contributed by atoms with Crippen LogP contribution in [0.25, 0.3) is 10.1 Å². The van der Waals surface area contributed by atoms with E-state index < -0.39 is 5.97 Å². The Morgan fingerprint density at radius 1 is 1.35 bits per heavy atom. The molecule has 0 bridgehead atoms. The van der Waals surface area contributed by atoms with Gasteiger partial charge in [-0.1, -0.05) is 0 Å². The van der Waals surface area contributed by atoms with Crippen LogP contribution in [0.3, 0.4) is 0 Å². The van der Waals surface area contributed by atoms with Gasteiger partial charge >= 0.3 is 5.97 Å². The maximum absolute atomic E-state index is 10.9. The number of hydrogen-bond acceptors (Lipinski definition) is 4. The zero-order valence-corrected chi connectivity index (χ0v) is 11.3. The molecule has 1 N–H and O–H groups in total. The average Bonchev–Trinajstić information content (AvgIpc) is 2.73. The molecule has 1 aromatic carbocycles. The van der Waals surface area contributed by atoms with Gasteiger partial charge in [0, 0.05) is 21.5 Å². The molecule has 4 nitrogen and oxygen atoms in total. The number of methoxy groups -OCH3 is 2. The Hall–Kier alpha value is -1.32. The molecule has 0 aliphatic rings. The highest BCUT2D eigenvalue weighted by Crippen LogP contribution is 2.36. The van der Waals surface area contributed by atoms with Gasteiger partial charge in [0.2, 0.25) is 0 Å². The lowest BCUT2D eigenvalue weighted by molar-refractivity contribution is 0.0702. The summed E-state index contributed by atoms with van der Waals surface area (Å²) in [6.07, 6.45) is 0. The van der Waals surface area contributed by atoms with Crippen LogP contribution in [0.4, 0.5) is 0 Å². The van der Waals surface area contributed by atoms with Crippen molar-refractivity contribution in [3.63, 3.8) is 0 Å². The van der Waals surface area contributed by atoms with E-state index in [0.717, 1.165) is 15.4 Å². The summed E-state index contributed by atoms with van der Waals surface area (Å²) in [5.74, 6) is 0.289. The number of ether oxygens (including phenoxy) is 2. The number of carbonyl (C=O) groups is 1. The van der Waals surface area contributed by atoms with Gasteiger partial charge in [0.05, 0.1) is 14.2 Å². The predicted octanol–water partition coefficient (Wildman–Crippen LogP) is 2.12. The van der Waals surface area contributed by atoms with Crippen molar-refractivity contribution in [3.8, 4) is 11.5 Å². The van der Waals surface area contributed by atoms with E-state index in [1.54, 1.807) is 26.4 Å². The van der Waals surface area contributed by atoms with E-state index in [1.807, 2.05) is 0 Å². The lowest BCUT2D eigenvalue weighted by atomic mass is 10.2. The summed E-state index contributed by atoms with van der Waals surface area (Å²) in [6, 6.07) is 3.44. The van der Waals surface area contributed by atoms with Crippen LogP contribution in [0, 0.1) is 0 Å². The number of fused-ring (bicyclic) bond motifs is 1. The van der Waals surface area contributed by atoms with E-state index in [2.05, 4.69) is 9.24 Å². The Labute approximate surface area is 104 Å². The topological polar surface area (TPSA) is 55.8 Å². The molecular weight excluding hydrogens is 259 g/mol. The Balaban J connectivity index is 2.76. The highest BCUT2D eigenvalue weighted by atomic mass is 32.1. The van der Waals surface area contributed by atoms with Gasteiger partial charge in [0.1, 0.15) is 4.88 Å². The molecule has 17 heavy (non-hydrogen) atoms. The van der Waals surface area contributed by atoms with Crippen LogP contribution in [-0.4, -0.2) is 25.3 Å². The van der Waals surface area contributed by atoms with Crippen molar-refractivity contribution in [2.75, 3.05) is 14.2 Å². The van der Waals surface area contributed by atoms with Crippen molar-refractivity contribution in [1.29, 1.82) is 0 Å². The molecule has 0 spiro atoms. The Bertz CT molecular complexity index is 591. The summed E-state index contributed by atoms with van der Waals surface area (Å²) >= 11 is 1.22. The number of thiophene rings is 1. The van der Waals surface area contributed by atoms with Crippen LogP contribution < -0.4 is 14.8 Å². The smallest absolute Gasteiger partial charge is 0.345 e. The van der Waals surface area contributed by atoms with Gasteiger partial charge in [-0.2, -0.15) is 0 Å². The van der Waals surface area contributed by atoms with Gasteiger partial charge < -0.3 is 14.6 Å². The van der Waals surface area contributed by atoms with E-state index in [9.17, 15) is 4.79 Å². The van der Waals surface area contributed by atoms with E-state index in [4.69, 9.17) is 14.6 Å². The van der Waals surface area contributed by atoms with Crippen molar-refractivity contribution in [2.45, 2.75) is 0 Å². The molecule has 1 aromatic heterocycles. The lowest BCUT2D eigenvalue weighted by Crippen LogP contribution is -2.02. The fourth-order valence-electron chi connectivity index (χ4n) is 1.63. The minimum atomic E-state index is -0.923. The molecule has 0 fully saturated rings. The van der Waals surface area contributed by atoms with Crippen molar-refractivity contribution in [3.05, 3.63) is 17.0 Å². The third-order valence-electron chi connectivity index (χ3n) is 2.42. The molecular formula is C11H11O4PS. The molecule has 0 radical (unpaired) electrons. The monoisotopic (exact) mass is 270 g/mol. The Morgan fingerprint density at radius 2 is 2.06 bits per heavy atom. The molecule has 0 aliphatic carbocycles. The fourth-order valence-corrected chi connectivity index (χ4v) is 3.18. The number of benzene rings is 1. The van der Waals surface area contributed by atoms with Crippen LogP contribution in [-0.2, 0) is 0 Å². The second-order valence-corrected chi connectivity index (χ2v) is 5.01. The normalized spacial score (nSPS) is 10.5. The van der Waals surface area contributed by atoms with Gasteiger partial charge in [-0.05, 0) is 6.07 Å². The largest absolute Gasteiger partial charge is 0.493 e. The quantitative estimate of drug-likeness (QED) is 0.868. The SMILES string of the molecule is COc1cc2sc(C(=O)O)cc2c(P)c1OC. The van der Waals surface area contributed by atoms with Crippen LogP contribution in [0.2, 0.25) is 0 Å². The van der Waals surface area contributed by atoms with Crippen LogP contribution in [0.5, 0.6) is 11.5 Å². The van der Waals surface area contributed by atoms with Crippen LogP contribution in [0.15, 0.2) is 12.1 Å². The van der Waals surface area contributed by atoms with Crippen molar-refractivity contribution in [1.82, 2.24) is 0 Å². The minimum Gasteiger partial charge on any atom is -0.493 e. The predicted molar refractivity (Wildman–Crippen MR) is 71.2 cm³/mol. The molecule has 2 aromatic rings. The van der Waals surface area contributed by atoms with Gasteiger partial charge in [-0.15, -0.1) is 20.6 Å². The molecule has 90 valence electrons. The molecule has 0 saturated carbocycles. The first-order valence-corrected chi connectivity index (χ1v) is 6.15. The van der Waals surface area contributed by atoms with Gasteiger partial charge in [-0.25, -0.2) is 4.79 Å². The zero-order valence-electron chi connectivity index (χ0n) is 9.31. The van der Waals surface area contributed by atoms with Crippen molar-refractivity contribution in [2.24, 2.45) is 0 Å². The number of rotatable bonds is 3. The maximum Gasteiger partial charge on any atom is 0.345 e. The summed E-state index contributed by atoms with van der Waals surface area (Å²) in [4.78, 5) is 11.2. The van der Waals surface area contributed by atoms with Crippen LogP contribution >= 0.6 is 20.6 Å². The molecule has 1 heterocycles. The fraction of sp³-hybridized carbons (Fsp3) is 0.182. The molecule has 1 atom stereocenters. The minimum absolute atomic E-state index is 0.305. The molecule has 0 aliphatic heterocycles. The first-order chi connectivity index (χ1) is 8.08. The summed E-state index contributed by atoms with van der Waals surface area (Å²) < 4.78 is 11.3. The van der Waals surface area contributed by atoms with Crippen molar-refractivity contribution < 1.29 is 19.4 Å². The standard InChI is InChI=1S/C11H11O4PS/c1-14-6-4-7-5(10(16)9(6)15-2)3-8(17-7)11(12)13/h3-4H,16H2,1-2H3,(H,12,13). The highest BCUT2D eigenvalue weighted by molar-refractivity contribution is 7.29. The molecule has 1 unspecified atom stereocenters. The van der Waals surface area contributed by atoms with Gasteiger partial charge in [0.25, 0.3) is 0 Å². The van der Waals surface area contributed by atoms with E-state index >= 15 is 0 Å². The van der Waals surface area contributed by atoms with Gasteiger partial charge in [-0.3, -0.25) is 0 Å². The summed E-state index contributed by atoms with van der Waals surface area (Å²) in [6.45, 7) is 0. The zero-order chi connectivity index (χ0) is 12.6. The summed E-state index contributed by atoms with van der Waals surface area (Å²) in [7, 11) is 5.68. The number of carboxylic acids is 1. The van der Waals surface area contributed by atoms with Gasteiger partial charge in [0.15, 0.2) is 11.5 Å².